The van der Waals surface area contributed by atoms with Crippen molar-refractivity contribution >= 4 is 17.4 Å². The number of rotatable bonds is 2. The number of anilines is 1. The molecule has 0 fully saturated rings. The van der Waals surface area contributed by atoms with Crippen LogP contribution >= 0.6 is 11.6 Å². The van der Waals surface area contributed by atoms with Gasteiger partial charge < -0.3 is 10.3 Å². The minimum Gasteiger partial charge on any atom is -0.383 e. The lowest BCUT2D eigenvalue weighted by molar-refractivity contribution is 0.936. The van der Waals surface area contributed by atoms with Gasteiger partial charge in [0.1, 0.15) is 17.5 Å². The van der Waals surface area contributed by atoms with Crippen LogP contribution in [0.5, 0.6) is 0 Å². The van der Waals surface area contributed by atoms with Crippen LogP contribution in [-0.4, -0.2) is 9.55 Å². The summed E-state index contributed by atoms with van der Waals surface area (Å²) >= 11 is 6.24. The fourth-order valence-corrected chi connectivity index (χ4v) is 2.66. The number of nitrogens with two attached hydrogens (primary N) is 1. The SMILES string of the molecule is Cn1cccc1-c1cc(-c2ccccc2Cl)nc(N)c1C#N. The minimum atomic E-state index is 0.205. The van der Waals surface area contributed by atoms with E-state index in [-0.39, 0.29) is 5.82 Å². The van der Waals surface area contributed by atoms with E-state index in [9.17, 15) is 5.26 Å². The molecule has 0 aliphatic heterocycles. The van der Waals surface area contributed by atoms with E-state index in [1.54, 1.807) is 6.07 Å². The van der Waals surface area contributed by atoms with Crippen LogP contribution in [0.3, 0.4) is 0 Å². The molecule has 0 unspecified atom stereocenters. The van der Waals surface area contributed by atoms with Gasteiger partial charge in [-0.05, 0) is 24.3 Å². The lowest BCUT2D eigenvalue weighted by atomic mass is 10.0. The monoisotopic (exact) mass is 308 g/mol. The Hall–Kier alpha value is -2.77. The van der Waals surface area contributed by atoms with E-state index < -0.39 is 0 Å². The van der Waals surface area contributed by atoms with Gasteiger partial charge in [0.15, 0.2) is 0 Å². The van der Waals surface area contributed by atoms with Crippen molar-refractivity contribution in [1.29, 1.82) is 5.26 Å². The second kappa shape index (κ2) is 5.55. The molecule has 0 spiro atoms. The molecule has 0 bridgehead atoms. The summed E-state index contributed by atoms with van der Waals surface area (Å²) in [6, 6.07) is 15.3. The molecule has 0 aliphatic rings. The lowest BCUT2D eigenvalue weighted by Gasteiger charge is -2.11. The van der Waals surface area contributed by atoms with Crippen molar-refractivity contribution in [3.63, 3.8) is 0 Å². The molecule has 3 rings (SSSR count). The summed E-state index contributed by atoms with van der Waals surface area (Å²) in [6.45, 7) is 0. The number of aryl methyl sites for hydroxylation is 1. The average molecular weight is 309 g/mol. The number of hydrogen-bond acceptors (Lipinski definition) is 3. The summed E-state index contributed by atoms with van der Waals surface area (Å²) < 4.78 is 1.94. The highest BCUT2D eigenvalue weighted by atomic mass is 35.5. The molecule has 5 heteroatoms. The molecule has 108 valence electrons. The lowest BCUT2D eigenvalue weighted by Crippen LogP contribution is -2.01. The largest absolute Gasteiger partial charge is 0.383 e. The Labute approximate surface area is 133 Å². The summed E-state index contributed by atoms with van der Waals surface area (Å²) in [5.41, 5.74) is 9.45. The van der Waals surface area contributed by atoms with Crippen molar-refractivity contribution in [2.45, 2.75) is 0 Å². The normalized spacial score (nSPS) is 10.4. The topological polar surface area (TPSA) is 67.6 Å². The molecule has 2 aromatic heterocycles. The predicted octanol–water partition coefficient (Wildman–Crippen LogP) is 3.86. The van der Waals surface area contributed by atoms with E-state index in [0.717, 1.165) is 16.8 Å². The molecule has 0 amide bonds. The van der Waals surface area contributed by atoms with Crippen LogP contribution in [0.4, 0.5) is 5.82 Å². The van der Waals surface area contributed by atoms with Crippen LogP contribution in [0.25, 0.3) is 22.5 Å². The number of pyridine rings is 1. The van der Waals surface area contributed by atoms with E-state index in [1.807, 2.05) is 54.2 Å². The third kappa shape index (κ3) is 2.32. The van der Waals surface area contributed by atoms with Crippen molar-refractivity contribution in [1.82, 2.24) is 9.55 Å². The predicted molar refractivity (Wildman–Crippen MR) is 88.2 cm³/mol. The molecule has 3 aromatic rings. The van der Waals surface area contributed by atoms with Crippen molar-refractivity contribution in [2.75, 3.05) is 5.73 Å². The zero-order valence-electron chi connectivity index (χ0n) is 11.9. The van der Waals surface area contributed by atoms with E-state index in [1.165, 1.54) is 0 Å². The van der Waals surface area contributed by atoms with Gasteiger partial charge in [0.25, 0.3) is 0 Å². The van der Waals surface area contributed by atoms with Crippen LogP contribution in [0.15, 0.2) is 48.7 Å². The molecule has 0 atom stereocenters. The van der Waals surface area contributed by atoms with E-state index in [0.29, 0.717) is 16.3 Å². The van der Waals surface area contributed by atoms with Gasteiger partial charge >= 0.3 is 0 Å². The average Bonchev–Trinajstić information content (AvgIpc) is 2.93. The van der Waals surface area contributed by atoms with Crippen molar-refractivity contribution in [3.05, 3.63) is 59.2 Å². The molecule has 0 radical (unpaired) electrons. The number of hydrogen-bond donors (Lipinski definition) is 1. The summed E-state index contributed by atoms with van der Waals surface area (Å²) in [5.74, 6) is 0.205. The first-order valence-electron chi connectivity index (χ1n) is 6.69. The second-order valence-electron chi connectivity index (χ2n) is 4.91. The highest BCUT2D eigenvalue weighted by molar-refractivity contribution is 6.33. The van der Waals surface area contributed by atoms with Gasteiger partial charge in [0.2, 0.25) is 0 Å². The van der Waals surface area contributed by atoms with Crippen LogP contribution < -0.4 is 5.73 Å². The molecule has 2 N–H and O–H groups in total. The maximum absolute atomic E-state index is 9.40. The Bertz CT molecular complexity index is 890. The van der Waals surface area contributed by atoms with E-state index in [2.05, 4.69) is 11.1 Å². The summed E-state index contributed by atoms with van der Waals surface area (Å²) in [7, 11) is 1.92. The fourth-order valence-electron chi connectivity index (χ4n) is 2.43. The van der Waals surface area contributed by atoms with Crippen molar-refractivity contribution in [3.8, 4) is 28.6 Å². The molecule has 0 saturated heterocycles. The first-order chi connectivity index (χ1) is 10.6. The van der Waals surface area contributed by atoms with Gasteiger partial charge in [0, 0.05) is 35.1 Å². The smallest absolute Gasteiger partial charge is 0.142 e. The van der Waals surface area contributed by atoms with Gasteiger partial charge in [0.05, 0.1) is 5.69 Å². The molecular formula is C17H13ClN4. The third-order valence-corrected chi connectivity index (χ3v) is 3.86. The van der Waals surface area contributed by atoms with Crippen molar-refractivity contribution < 1.29 is 0 Å². The summed E-state index contributed by atoms with van der Waals surface area (Å²) in [5, 5.41) is 9.99. The van der Waals surface area contributed by atoms with Crippen LogP contribution in [0, 0.1) is 11.3 Å². The number of nitriles is 1. The van der Waals surface area contributed by atoms with Gasteiger partial charge in [-0.1, -0.05) is 29.8 Å². The van der Waals surface area contributed by atoms with Gasteiger partial charge in [-0.25, -0.2) is 4.98 Å². The standard InChI is InChI=1S/C17H13ClN4/c1-22-8-4-7-16(22)12-9-15(21-17(20)13(12)10-19)11-5-2-3-6-14(11)18/h2-9H,1H3,(H2,20,21). The Morgan fingerprint density at radius 2 is 1.95 bits per heavy atom. The molecule has 0 aliphatic carbocycles. The minimum absolute atomic E-state index is 0.205. The summed E-state index contributed by atoms with van der Waals surface area (Å²) in [4.78, 5) is 4.34. The van der Waals surface area contributed by atoms with Gasteiger partial charge in [-0.2, -0.15) is 5.26 Å². The molecule has 1 aromatic carbocycles. The molecular weight excluding hydrogens is 296 g/mol. The Morgan fingerprint density at radius 1 is 1.18 bits per heavy atom. The zero-order valence-corrected chi connectivity index (χ0v) is 12.7. The number of nitrogens with zero attached hydrogens (tertiary/aromatic N) is 3. The van der Waals surface area contributed by atoms with E-state index in [4.69, 9.17) is 17.3 Å². The fraction of sp³-hybridized carbons (Fsp3) is 0.0588. The molecule has 22 heavy (non-hydrogen) atoms. The Morgan fingerprint density at radius 3 is 2.59 bits per heavy atom. The van der Waals surface area contributed by atoms with Crippen LogP contribution in [0.2, 0.25) is 5.02 Å². The third-order valence-electron chi connectivity index (χ3n) is 3.53. The Balaban J connectivity index is 2.29. The van der Waals surface area contributed by atoms with Crippen LogP contribution in [-0.2, 0) is 7.05 Å². The van der Waals surface area contributed by atoms with Crippen molar-refractivity contribution in [2.24, 2.45) is 7.05 Å². The van der Waals surface area contributed by atoms with Gasteiger partial charge in [-0.3, -0.25) is 0 Å². The van der Waals surface area contributed by atoms with E-state index >= 15 is 0 Å². The number of aromatic nitrogens is 2. The number of nitrogen functional groups attached to an aromatic ring is 1. The molecule has 2 heterocycles. The first-order valence-corrected chi connectivity index (χ1v) is 7.07. The summed E-state index contributed by atoms with van der Waals surface area (Å²) in [6.07, 6.45) is 1.92. The maximum atomic E-state index is 9.40. The quantitative estimate of drug-likeness (QED) is 0.781. The van der Waals surface area contributed by atoms with Crippen LogP contribution in [0.1, 0.15) is 5.56 Å². The molecule has 4 nitrogen and oxygen atoms in total. The second-order valence-corrected chi connectivity index (χ2v) is 5.32. The van der Waals surface area contributed by atoms with Gasteiger partial charge in [-0.15, -0.1) is 0 Å². The Kier molecular flexibility index (Phi) is 3.58. The number of halogens is 1. The number of benzene rings is 1. The zero-order chi connectivity index (χ0) is 15.7. The highest BCUT2D eigenvalue weighted by Crippen LogP contribution is 2.33. The maximum Gasteiger partial charge on any atom is 0.142 e. The first kappa shape index (κ1) is 14.2. The highest BCUT2D eigenvalue weighted by Gasteiger charge is 2.16. The molecule has 0 saturated carbocycles.